The highest BCUT2D eigenvalue weighted by Gasteiger charge is 2.10. The minimum atomic E-state index is -0.414. The maximum Gasteiger partial charge on any atom is 0.255 e. The van der Waals surface area contributed by atoms with E-state index in [1.54, 1.807) is 43.3 Å². The molecule has 0 heterocycles. The zero-order valence-corrected chi connectivity index (χ0v) is 10.5. The molecule has 0 fully saturated rings. The van der Waals surface area contributed by atoms with Gasteiger partial charge < -0.3 is 10.4 Å². The molecule has 0 aliphatic carbocycles. The van der Waals surface area contributed by atoms with Crippen LogP contribution in [0.2, 0.25) is 0 Å². The molecule has 2 aromatic carbocycles. The number of aliphatic hydroxyl groups is 1. The summed E-state index contributed by atoms with van der Waals surface area (Å²) in [5.74, 6) is -0.817. The number of hydrogen-bond acceptors (Lipinski definition) is 2. The molecule has 2 aromatic rings. The van der Waals surface area contributed by atoms with Crippen molar-refractivity contribution in [3.63, 3.8) is 0 Å². The standard InChI is InChI=1S/C15H14FNO2/c1-10-6-7-11(8-13(10)16)15(19)17-14-5-3-2-4-12(14)9-18/h2-8,18H,9H2,1H3,(H,17,19). The fourth-order valence-electron chi connectivity index (χ4n) is 1.71. The number of amides is 1. The summed E-state index contributed by atoms with van der Waals surface area (Å²) < 4.78 is 13.4. The molecule has 19 heavy (non-hydrogen) atoms. The second-order valence-electron chi connectivity index (χ2n) is 4.23. The first-order valence-corrected chi connectivity index (χ1v) is 5.88. The number of aliphatic hydroxyl groups excluding tert-OH is 1. The van der Waals surface area contributed by atoms with Gasteiger partial charge in [-0.25, -0.2) is 4.39 Å². The summed E-state index contributed by atoms with van der Waals surface area (Å²) >= 11 is 0. The van der Waals surface area contributed by atoms with Gasteiger partial charge in [-0.2, -0.15) is 0 Å². The quantitative estimate of drug-likeness (QED) is 0.890. The van der Waals surface area contributed by atoms with Crippen LogP contribution in [0.3, 0.4) is 0 Å². The normalized spacial score (nSPS) is 10.3. The average molecular weight is 259 g/mol. The smallest absolute Gasteiger partial charge is 0.255 e. The molecule has 3 nitrogen and oxygen atoms in total. The van der Waals surface area contributed by atoms with Crippen LogP contribution in [-0.4, -0.2) is 11.0 Å². The fraction of sp³-hybridized carbons (Fsp3) is 0.133. The number of anilines is 1. The van der Waals surface area contributed by atoms with E-state index in [-0.39, 0.29) is 12.2 Å². The van der Waals surface area contributed by atoms with Gasteiger partial charge >= 0.3 is 0 Å². The summed E-state index contributed by atoms with van der Waals surface area (Å²) in [6.45, 7) is 1.47. The Morgan fingerprint density at radius 1 is 1.26 bits per heavy atom. The molecule has 0 spiro atoms. The van der Waals surface area contributed by atoms with Gasteiger partial charge in [-0.05, 0) is 30.7 Å². The molecule has 0 aliphatic heterocycles. The van der Waals surface area contributed by atoms with Crippen LogP contribution in [0.1, 0.15) is 21.5 Å². The van der Waals surface area contributed by atoms with E-state index in [0.717, 1.165) is 0 Å². The molecule has 98 valence electrons. The molecule has 1 amide bonds. The lowest BCUT2D eigenvalue weighted by atomic mass is 10.1. The second kappa shape index (κ2) is 5.63. The molecule has 0 atom stereocenters. The van der Waals surface area contributed by atoms with Gasteiger partial charge in [0, 0.05) is 16.8 Å². The number of para-hydroxylation sites is 1. The van der Waals surface area contributed by atoms with Crippen LogP contribution in [0.5, 0.6) is 0 Å². The first-order chi connectivity index (χ1) is 9.11. The molecule has 0 radical (unpaired) electrons. The highest BCUT2D eigenvalue weighted by Crippen LogP contribution is 2.17. The van der Waals surface area contributed by atoms with Crippen LogP contribution in [0, 0.1) is 12.7 Å². The Hall–Kier alpha value is -2.20. The van der Waals surface area contributed by atoms with Crippen molar-refractivity contribution in [2.75, 3.05) is 5.32 Å². The van der Waals surface area contributed by atoms with E-state index < -0.39 is 11.7 Å². The first-order valence-electron chi connectivity index (χ1n) is 5.88. The van der Waals surface area contributed by atoms with Crippen molar-refractivity contribution in [3.8, 4) is 0 Å². The van der Waals surface area contributed by atoms with Crippen LogP contribution in [0.25, 0.3) is 0 Å². The third kappa shape index (κ3) is 2.98. The number of aryl methyl sites for hydroxylation is 1. The van der Waals surface area contributed by atoms with Crippen molar-refractivity contribution < 1.29 is 14.3 Å². The summed E-state index contributed by atoms with van der Waals surface area (Å²) in [5.41, 5.74) is 1.88. The Kier molecular flexibility index (Phi) is 3.92. The molecule has 0 aliphatic rings. The number of carbonyl (C=O) groups is 1. The second-order valence-corrected chi connectivity index (χ2v) is 4.23. The molecule has 4 heteroatoms. The van der Waals surface area contributed by atoms with Gasteiger partial charge in [0.15, 0.2) is 0 Å². The third-order valence-corrected chi connectivity index (χ3v) is 2.87. The molecule has 0 saturated carbocycles. The molecule has 2 rings (SSSR count). The van der Waals surface area contributed by atoms with Crippen molar-refractivity contribution in [1.82, 2.24) is 0 Å². The average Bonchev–Trinajstić information content (AvgIpc) is 2.42. The van der Waals surface area contributed by atoms with Crippen molar-refractivity contribution in [2.24, 2.45) is 0 Å². The van der Waals surface area contributed by atoms with Crippen molar-refractivity contribution in [1.29, 1.82) is 0 Å². The number of rotatable bonds is 3. The minimum Gasteiger partial charge on any atom is -0.392 e. The van der Waals surface area contributed by atoms with Crippen LogP contribution in [-0.2, 0) is 6.61 Å². The highest BCUT2D eigenvalue weighted by molar-refractivity contribution is 6.04. The van der Waals surface area contributed by atoms with Gasteiger partial charge in [0.05, 0.1) is 6.61 Å². The number of carbonyl (C=O) groups excluding carboxylic acids is 1. The zero-order valence-electron chi connectivity index (χ0n) is 10.5. The SMILES string of the molecule is Cc1ccc(C(=O)Nc2ccccc2CO)cc1F. The summed E-state index contributed by atoms with van der Waals surface area (Å²) in [4.78, 5) is 12.0. The monoisotopic (exact) mass is 259 g/mol. The van der Waals surface area contributed by atoms with Crippen molar-refractivity contribution >= 4 is 11.6 Å². The van der Waals surface area contributed by atoms with E-state index in [1.807, 2.05) is 0 Å². The summed E-state index contributed by atoms with van der Waals surface area (Å²) in [5, 5.41) is 11.8. The lowest BCUT2D eigenvalue weighted by molar-refractivity contribution is 0.102. The van der Waals surface area contributed by atoms with E-state index >= 15 is 0 Å². The summed E-state index contributed by atoms with van der Waals surface area (Å²) in [6.07, 6.45) is 0. The van der Waals surface area contributed by atoms with E-state index in [9.17, 15) is 14.3 Å². The Morgan fingerprint density at radius 2 is 2.00 bits per heavy atom. The van der Waals surface area contributed by atoms with E-state index in [0.29, 0.717) is 16.8 Å². The van der Waals surface area contributed by atoms with E-state index in [1.165, 1.54) is 6.07 Å². The molecular weight excluding hydrogens is 245 g/mol. The number of hydrogen-bond donors (Lipinski definition) is 2. The molecule has 0 unspecified atom stereocenters. The Bertz CT molecular complexity index is 611. The summed E-state index contributed by atoms with van der Waals surface area (Å²) in [6, 6.07) is 11.3. The predicted molar refractivity (Wildman–Crippen MR) is 71.5 cm³/mol. The van der Waals surface area contributed by atoms with Gasteiger partial charge in [-0.15, -0.1) is 0 Å². The van der Waals surface area contributed by atoms with Gasteiger partial charge in [-0.1, -0.05) is 24.3 Å². The van der Waals surface area contributed by atoms with E-state index in [4.69, 9.17) is 0 Å². The van der Waals surface area contributed by atoms with Crippen LogP contribution in [0.4, 0.5) is 10.1 Å². The Labute approximate surface area is 110 Å². The van der Waals surface area contributed by atoms with Crippen molar-refractivity contribution in [3.05, 3.63) is 65.0 Å². The molecule has 2 N–H and O–H groups in total. The number of benzene rings is 2. The predicted octanol–water partition coefficient (Wildman–Crippen LogP) is 2.88. The fourth-order valence-corrected chi connectivity index (χ4v) is 1.71. The highest BCUT2D eigenvalue weighted by atomic mass is 19.1. The third-order valence-electron chi connectivity index (χ3n) is 2.87. The Morgan fingerprint density at radius 3 is 2.68 bits per heavy atom. The zero-order chi connectivity index (χ0) is 13.8. The molecule has 0 saturated heterocycles. The number of halogens is 1. The lowest BCUT2D eigenvalue weighted by Crippen LogP contribution is -2.13. The van der Waals surface area contributed by atoms with Crippen LogP contribution < -0.4 is 5.32 Å². The lowest BCUT2D eigenvalue weighted by Gasteiger charge is -2.09. The van der Waals surface area contributed by atoms with Crippen molar-refractivity contribution in [2.45, 2.75) is 13.5 Å². The first kappa shape index (κ1) is 13.2. The van der Waals surface area contributed by atoms with E-state index in [2.05, 4.69) is 5.32 Å². The number of nitrogens with one attached hydrogen (secondary N) is 1. The topological polar surface area (TPSA) is 49.3 Å². The molecular formula is C15H14FNO2. The maximum absolute atomic E-state index is 13.4. The minimum absolute atomic E-state index is 0.168. The Balaban J connectivity index is 2.23. The van der Waals surface area contributed by atoms with Crippen LogP contribution >= 0.6 is 0 Å². The maximum atomic E-state index is 13.4. The molecule has 0 aromatic heterocycles. The largest absolute Gasteiger partial charge is 0.392 e. The summed E-state index contributed by atoms with van der Waals surface area (Å²) in [7, 11) is 0. The van der Waals surface area contributed by atoms with Gasteiger partial charge in [0.25, 0.3) is 5.91 Å². The molecule has 0 bridgehead atoms. The van der Waals surface area contributed by atoms with Gasteiger partial charge in [0.1, 0.15) is 5.82 Å². The van der Waals surface area contributed by atoms with Gasteiger partial charge in [-0.3, -0.25) is 4.79 Å². The van der Waals surface area contributed by atoms with Gasteiger partial charge in [0.2, 0.25) is 0 Å². The van der Waals surface area contributed by atoms with Crippen LogP contribution in [0.15, 0.2) is 42.5 Å².